The monoisotopic (exact) mass is 269 g/mol. The summed E-state index contributed by atoms with van der Waals surface area (Å²) in [7, 11) is 3.97. The number of thiophene rings is 1. The molecule has 0 aliphatic heterocycles. The fourth-order valence-corrected chi connectivity index (χ4v) is 2.87. The SMILES string of the molecule is Cc1nn(C)c(Cl)c1CN(C)Cc1cccs1. The third kappa shape index (κ3) is 2.89. The van der Waals surface area contributed by atoms with E-state index in [1.54, 1.807) is 16.0 Å². The zero-order chi connectivity index (χ0) is 12.4. The fraction of sp³-hybridized carbons (Fsp3) is 0.417. The van der Waals surface area contributed by atoms with Gasteiger partial charge < -0.3 is 0 Å². The summed E-state index contributed by atoms with van der Waals surface area (Å²) < 4.78 is 1.73. The molecule has 3 nitrogen and oxygen atoms in total. The van der Waals surface area contributed by atoms with Gasteiger partial charge in [-0.3, -0.25) is 9.58 Å². The van der Waals surface area contributed by atoms with Crippen molar-refractivity contribution in [3.63, 3.8) is 0 Å². The van der Waals surface area contributed by atoms with Gasteiger partial charge in [0.2, 0.25) is 0 Å². The van der Waals surface area contributed by atoms with E-state index in [0.717, 1.165) is 29.5 Å². The van der Waals surface area contributed by atoms with Gasteiger partial charge in [-0.05, 0) is 25.4 Å². The molecular formula is C12H16ClN3S. The minimum atomic E-state index is 0.737. The minimum absolute atomic E-state index is 0.737. The zero-order valence-electron chi connectivity index (χ0n) is 10.3. The highest BCUT2D eigenvalue weighted by Gasteiger charge is 2.13. The van der Waals surface area contributed by atoms with Crippen molar-refractivity contribution in [3.8, 4) is 0 Å². The molecule has 0 amide bonds. The summed E-state index contributed by atoms with van der Waals surface area (Å²) in [5.74, 6) is 0. The molecule has 0 fully saturated rings. The first-order chi connectivity index (χ1) is 8.08. The topological polar surface area (TPSA) is 21.1 Å². The van der Waals surface area contributed by atoms with Crippen molar-refractivity contribution >= 4 is 22.9 Å². The molecule has 5 heteroatoms. The molecule has 17 heavy (non-hydrogen) atoms. The van der Waals surface area contributed by atoms with E-state index >= 15 is 0 Å². The highest BCUT2D eigenvalue weighted by atomic mass is 35.5. The van der Waals surface area contributed by atoms with Gasteiger partial charge in [0.1, 0.15) is 5.15 Å². The molecule has 0 aliphatic rings. The summed E-state index contributed by atoms with van der Waals surface area (Å²) in [6.07, 6.45) is 0. The number of rotatable bonds is 4. The lowest BCUT2D eigenvalue weighted by Crippen LogP contribution is -2.17. The molecule has 0 N–H and O–H groups in total. The molecule has 2 heterocycles. The highest BCUT2D eigenvalue weighted by Crippen LogP contribution is 2.21. The van der Waals surface area contributed by atoms with Crippen LogP contribution in [0.5, 0.6) is 0 Å². The second kappa shape index (κ2) is 5.21. The molecule has 0 unspecified atom stereocenters. The Labute approximate surface area is 111 Å². The summed E-state index contributed by atoms with van der Waals surface area (Å²) in [5, 5.41) is 7.16. The van der Waals surface area contributed by atoms with Crippen molar-refractivity contribution in [2.45, 2.75) is 20.0 Å². The van der Waals surface area contributed by atoms with E-state index in [4.69, 9.17) is 11.6 Å². The number of aryl methyl sites for hydroxylation is 2. The first-order valence-electron chi connectivity index (χ1n) is 5.47. The molecule has 0 bridgehead atoms. The van der Waals surface area contributed by atoms with Crippen LogP contribution in [-0.2, 0) is 20.1 Å². The maximum Gasteiger partial charge on any atom is 0.131 e. The van der Waals surface area contributed by atoms with Crippen molar-refractivity contribution in [3.05, 3.63) is 38.8 Å². The molecule has 0 radical (unpaired) electrons. The molecule has 2 aromatic heterocycles. The second-order valence-corrected chi connectivity index (χ2v) is 5.62. The van der Waals surface area contributed by atoms with Crippen molar-refractivity contribution < 1.29 is 0 Å². The Balaban J connectivity index is 2.05. The molecule has 2 rings (SSSR count). The number of nitrogens with zero attached hydrogens (tertiary/aromatic N) is 3. The summed E-state index contributed by atoms with van der Waals surface area (Å²) in [6, 6.07) is 4.23. The van der Waals surface area contributed by atoms with Crippen LogP contribution in [0.25, 0.3) is 0 Å². The van der Waals surface area contributed by atoms with E-state index in [9.17, 15) is 0 Å². The van der Waals surface area contributed by atoms with Crippen LogP contribution < -0.4 is 0 Å². The summed E-state index contributed by atoms with van der Waals surface area (Å²) >= 11 is 8.00. The zero-order valence-corrected chi connectivity index (χ0v) is 11.8. The van der Waals surface area contributed by atoms with Gasteiger partial charge in [-0.2, -0.15) is 5.10 Å². The van der Waals surface area contributed by atoms with Crippen molar-refractivity contribution in [1.82, 2.24) is 14.7 Å². The lowest BCUT2D eigenvalue weighted by Gasteiger charge is -2.15. The van der Waals surface area contributed by atoms with Gasteiger partial charge in [0.25, 0.3) is 0 Å². The first-order valence-corrected chi connectivity index (χ1v) is 6.72. The molecule has 0 saturated heterocycles. The van der Waals surface area contributed by atoms with Gasteiger partial charge in [0.05, 0.1) is 5.69 Å². The molecular weight excluding hydrogens is 254 g/mol. The largest absolute Gasteiger partial charge is 0.297 e. The van der Waals surface area contributed by atoms with Crippen LogP contribution in [-0.4, -0.2) is 21.7 Å². The second-order valence-electron chi connectivity index (χ2n) is 4.23. The third-order valence-corrected chi connectivity index (χ3v) is 4.04. The lowest BCUT2D eigenvalue weighted by atomic mass is 10.2. The average Bonchev–Trinajstić information content (AvgIpc) is 2.83. The number of hydrogen-bond acceptors (Lipinski definition) is 3. The molecule has 0 saturated carbocycles. The van der Waals surface area contributed by atoms with Crippen LogP contribution in [0, 0.1) is 6.92 Å². The Morgan fingerprint density at radius 1 is 1.47 bits per heavy atom. The Morgan fingerprint density at radius 3 is 2.76 bits per heavy atom. The Kier molecular flexibility index (Phi) is 3.86. The first kappa shape index (κ1) is 12.6. The maximum absolute atomic E-state index is 6.22. The third-order valence-electron chi connectivity index (χ3n) is 2.70. The summed E-state index contributed by atoms with van der Waals surface area (Å²) in [5.41, 5.74) is 2.13. The summed E-state index contributed by atoms with van der Waals surface area (Å²) in [4.78, 5) is 3.62. The highest BCUT2D eigenvalue weighted by molar-refractivity contribution is 7.09. The smallest absolute Gasteiger partial charge is 0.131 e. The van der Waals surface area contributed by atoms with E-state index in [1.807, 2.05) is 14.0 Å². The van der Waals surface area contributed by atoms with E-state index in [-0.39, 0.29) is 0 Å². The fourth-order valence-electron chi connectivity index (χ4n) is 1.85. The van der Waals surface area contributed by atoms with Crippen molar-refractivity contribution in [2.24, 2.45) is 7.05 Å². The van der Waals surface area contributed by atoms with Crippen LogP contribution in [0.2, 0.25) is 5.15 Å². The molecule has 92 valence electrons. The predicted molar refractivity (Wildman–Crippen MR) is 72.4 cm³/mol. The van der Waals surface area contributed by atoms with Gasteiger partial charge in [-0.1, -0.05) is 17.7 Å². The number of hydrogen-bond donors (Lipinski definition) is 0. The van der Waals surface area contributed by atoms with Crippen molar-refractivity contribution in [1.29, 1.82) is 0 Å². The predicted octanol–water partition coefficient (Wildman–Crippen LogP) is 3.08. The van der Waals surface area contributed by atoms with E-state index < -0.39 is 0 Å². The average molecular weight is 270 g/mol. The lowest BCUT2D eigenvalue weighted by molar-refractivity contribution is 0.321. The van der Waals surface area contributed by atoms with E-state index in [2.05, 4.69) is 34.6 Å². The Hall–Kier alpha value is -0.840. The molecule has 0 aliphatic carbocycles. The molecule has 2 aromatic rings. The molecule has 0 spiro atoms. The van der Waals surface area contributed by atoms with Crippen molar-refractivity contribution in [2.75, 3.05) is 7.05 Å². The van der Waals surface area contributed by atoms with Crippen LogP contribution in [0.15, 0.2) is 17.5 Å². The quantitative estimate of drug-likeness (QED) is 0.851. The molecule has 0 aromatic carbocycles. The van der Waals surface area contributed by atoms with E-state index in [1.165, 1.54) is 4.88 Å². The Morgan fingerprint density at radius 2 is 2.24 bits per heavy atom. The van der Waals surface area contributed by atoms with Crippen LogP contribution in [0.1, 0.15) is 16.1 Å². The molecule has 0 atom stereocenters. The Bertz CT molecular complexity index is 490. The van der Waals surface area contributed by atoms with Gasteiger partial charge in [-0.25, -0.2) is 0 Å². The number of aromatic nitrogens is 2. The van der Waals surface area contributed by atoms with Crippen LogP contribution >= 0.6 is 22.9 Å². The van der Waals surface area contributed by atoms with Crippen LogP contribution in [0.4, 0.5) is 0 Å². The maximum atomic E-state index is 6.22. The van der Waals surface area contributed by atoms with Gasteiger partial charge in [0, 0.05) is 30.6 Å². The van der Waals surface area contributed by atoms with Crippen LogP contribution in [0.3, 0.4) is 0 Å². The number of halogens is 1. The normalized spacial score (nSPS) is 11.4. The standard InChI is InChI=1S/C12H16ClN3S/c1-9-11(12(13)16(3)14-9)8-15(2)7-10-5-4-6-17-10/h4-6H,7-8H2,1-3H3. The van der Waals surface area contributed by atoms with Gasteiger partial charge >= 0.3 is 0 Å². The summed E-state index contributed by atoms with van der Waals surface area (Å²) in [6.45, 7) is 3.78. The van der Waals surface area contributed by atoms with E-state index in [0.29, 0.717) is 0 Å². The van der Waals surface area contributed by atoms with Gasteiger partial charge in [-0.15, -0.1) is 11.3 Å². The van der Waals surface area contributed by atoms with Gasteiger partial charge in [0.15, 0.2) is 0 Å². The minimum Gasteiger partial charge on any atom is -0.297 e.